The molecule has 0 saturated heterocycles. The predicted molar refractivity (Wildman–Crippen MR) is 110 cm³/mol. The van der Waals surface area contributed by atoms with Gasteiger partial charge in [-0.05, 0) is 48.5 Å². The second-order valence-electron chi connectivity index (χ2n) is 6.28. The van der Waals surface area contributed by atoms with Crippen LogP contribution in [0.4, 0.5) is 18.9 Å². The molecule has 1 aliphatic heterocycles. The molecule has 0 saturated carbocycles. The molecule has 4 nitrogen and oxygen atoms in total. The molecular weight excluding hydrogens is 440 g/mol. The molecule has 0 radical (unpaired) electrons. The first-order valence-electron chi connectivity index (χ1n) is 8.56. The molecule has 152 valence electrons. The fourth-order valence-electron chi connectivity index (χ4n) is 2.91. The van der Waals surface area contributed by atoms with Crippen LogP contribution < -0.4 is 5.01 Å². The third kappa shape index (κ3) is 3.86. The number of alkyl halides is 3. The first-order valence-corrected chi connectivity index (χ1v) is 9.32. The topological polar surface area (TPSA) is 45.8 Å². The molecule has 0 N–H and O–H groups in total. The van der Waals surface area contributed by atoms with Crippen molar-refractivity contribution in [1.29, 1.82) is 0 Å². The van der Waals surface area contributed by atoms with E-state index in [1.165, 1.54) is 24.3 Å². The molecule has 30 heavy (non-hydrogen) atoms. The second-order valence-corrected chi connectivity index (χ2v) is 7.13. The third-order valence-electron chi connectivity index (χ3n) is 4.26. The molecule has 2 heterocycles. The van der Waals surface area contributed by atoms with Crippen molar-refractivity contribution in [3.8, 4) is 11.3 Å². The van der Waals surface area contributed by atoms with E-state index in [0.29, 0.717) is 26.4 Å². The number of anilines is 1. The molecule has 2 aromatic carbocycles. The van der Waals surface area contributed by atoms with Gasteiger partial charge in [0.1, 0.15) is 11.5 Å². The van der Waals surface area contributed by atoms with Gasteiger partial charge in [-0.15, -0.1) is 0 Å². The molecule has 1 aliphatic rings. The van der Waals surface area contributed by atoms with E-state index < -0.39 is 23.4 Å². The maximum absolute atomic E-state index is 13.5. The lowest BCUT2D eigenvalue weighted by molar-refractivity contribution is -0.114. The minimum absolute atomic E-state index is 0.0474. The van der Waals surface area contributed by atoms with Crippen LogP contribution in [0.3, 0.4) is 0 Å². The summed E-state index contributed by atoms with van der Waals surface area (Å²) in [5, 5.41) is 4.98. The summed E-state index contributed by atoms with van der Waals surface area (Å²) in [4.78, 5) is 12.7. The second kappa shape index (κ2) is 7.66. The number of benzene rings is 2. The number of amides is 1. The molecule has 1 amide bonds. The Balaban J connectivity index is 1.73. The number of furan rings is 1. The Morgan fingerprint density at radius 1 is 1.00 bits per heavy atom. The van der Waals surface area contributed by atoms with Gasteiger partial charge in [0.2, 0.25) is 0 Å². The fraction of sp³-hybridized carbons (Fsp3) is 0.0476. The first-order chi connectivity index (χ1) is 14.2. The van der Waals surface area contributed by atoms with Crippen LogP contribution in [-0.2, 0) is 4.79 Å². The first kappa shape index (κ1) is 20.3. The van der Waals surface area contributed by atoms with E-state index in [9.17, 15) is 18.0 Å². The van der Waals surface area contributed by atoms with Crippen molar-refractivity contribution in [3.63, 3.8) is 0 Å². The highest BCUT2D eigenvalue weighted by Crippen LogP contribution is 2.35. The van der Waals surface area contributed by atoms with Crippen molar-refractivity contribution < 1.29 is 22.4 Å². The van der Waals surface area contributed by atoms with E-state index in [4.69, 9.17) is 27.6 Å². The fourth-order valence-corrected chi connectivity index (χ4v) is 3.41. The van der Waals surface area contributed by atoms with Crippen LogP contribution in [0.1, 0.15) is 5.76 Å². The van der Waals surface area contributed by atoms with Gasteiger partial charge in [0.25, 0.3) is 5.91 Å². The molecule has 3 aromatic rings. The van der Waals surface area contributed by atoms with Crippen molar-refractivity contribution in [2.45, 2.75) is 6.18 Å². The Hall–Kier alpha value is -3.03. The summed E-state index contributed by atoms with van der Waals surface area (Å²) < 4.78 is 46.2. The molecule has 0 bridgehead atoms. The number of carbonyl (C=O) groups excluding carboxylic acids is 1. The van der Waals surface area contributed by atoms with Crippen molar-refractivity contribution in [3.05, 3.63) is 82.0 Å². The third-order valence-corrected chi connectivity index (χ3v) is 4.80. The smallest absolute Gasteiger partial charge is 0.435 e. The number of rotatable bonds is 3. The summed E-state index contributed by atoms with van der Waals surface area (Å²) in [7, 11) is 0. The molecule has 1 aromatic heterocycles. The average molecular weight is 451 g/mol. The average Bonchev–Trinajstić information content (AvgIpc) is 3.28. The van der Waals surface area contributed by atoms with Gasteiger partial charge in [-0.1, -0.05) is 41.4 Å². The zero-order chi connectivity index (χ0) is 21.5. The summed E-state index contributed by atoms with van der Waals surface area (Å²) in [5.41, 5.74) is -1.17. The molecule has 9 heteroatoms. The molecule has 0 aliphatic carbocycles. The molecule has 0 atom stereocenters. The molecule has 0 spiro atoms. The van der Waals surface area contributed by atoms with E-state index in [0.717, 1.165) is 6.08 Å². The Morgan fingerprint density at radius 3 is 2.40 bits per heavy atom. The monoisotopic (exact) mass is 450 g/mol. The quantitative estimate of drug-likeness (QED) is 0.421. The van der Waals surface area contributed by atoms with Crippen molar-refractivity contribution >= 4 is 46.6 Å². The van der Waals surface area contributed by atoms with Crippen LogP contribution in [0, 0.1) is 0 Å². The summed E-state index contributed by atoms with van der Waals surface area (Å²) in [6.45, 7) is 0. The zero-order valence-electron chi connectivity index (χ0n) is 15.0. The lowest BCUT2D eigenvalue weighted by Crippen LogP contribution is -2.25. The maximum Gasteiger partial charge on any atom is 0.435 e. The van der Waals surface area contributed by atoms with Gasteiger partial charge in [0, 0.05) is 10.6 Å². The van der Waals surface area contributed by atoms with Crippen LogP contribution in [0.2, 0.25) is 10.0 Å². The van der Waals surface area contributed by atoms with Crippen LogP contribution in [-0.4, -0.2) is 17.8 Å². The van der Waals surface area contributed by atoms with Crippen molar-refractivity contribution in [1.82, 2.24) is 0 Å². The lowest BCUT2D eigenvalue weighted by Gasteiger charge is -2.10. The van der Waals surface area contributed by atoms with Crippen molar-refractivity contribution in [2.75, 3.05) is 5.01 Å². The van der Waals surface area contributed by atoms with Crippen LogP contribution in [0.15, 0.2) is 75.8 Å². The Morgan fingerprint density at radius 2 is 1.73 bits per heavy atom. The van der Waals surface area contributed by atoms with Crippen LogP contribution in [0.25, 0.3) is 17.4 Å². The number of nitrogens with zero attached hydrogens (tertiary/aromatic N) is 2. The van der Waals surface area contributed by atoms with Crippen LogP contribution >= 0.6 is 23.2 Å². The molecule has 0 unspecified atom stereocenters. The van der Waals surface area contributed by atoms with Gasteiger partial charge < -0.3 is 4.42 Å². The Labute approximate surface area is 178 Å². The van der Waals surface area contributed by atoms with Gasteiger partial charge in [-0.2, -0.15) is 23.3 Å². The summed E-state index contributed by atoms with van der Waals surface area (Å²) in [6.07, 6.45) is -3.80. The maximum atomic E-state index is 13.5. The minimum atomic E-state index is -4.82. The number of hydrogen-bond acceptors (Lipinski definition) is 3. The van der Waals surface area contributed by atoms with Gasteiger partial charge in [0.05, 0.1) is 16.3 Å². The molecule has 4 rings (SSSR count). The van der Waals surface area contributed by atoms with Gasteiger partial charge >= 0.3 is 6.18 Å². The zero-order valence-corrected chi connectivity index (χ0v) is 16.5. The van der Waals surface area contributed by atoms with Gasteiger partial charge in [-0.3, -0.25) is 4.79 Å². The minimum Gasteiger partial charge on any atom is -0.457 e. The van der Waals surface area contributed by atoms with Crippen LogP contribution in [0.5, 0.6) is 0 Å². The van der Waals surface area contributed by atoms with E-state index in [2.05, 4.69) is 5.10 Å². The van der Waals surface area contributed by atoms with E-state index in [1.54, 1.807) is 36.4 Å². The highest BCUT2D eigenvalue weighted by atomic mass is 35.5. The summed E-state index contributed by atoms with van der Waals surface area (Å²) >= 11 is 12.0. The molecular formula is C21H11Cl2F3N2O2. The summed E-state index contributed by atoms with van der Waals surface area (Å²) in [5.74, 6) is -0.540. The number of halogens is 5. The van der Waals surface area contributed by atoms with E-state index >= 15 is 0 Å². The number of para-hydroxylation sites is 1. The molecule has 0 fully saturated rings. The number of carbonyl (C=O) groups is 1. The largest absolute Gasteiger partial charge is 0.457 e. The normalized spacial score (nSPS) is 15.8. The van der Waals surface area contributed by atoms with Gasteiger partial charge in [-0.25, -0.2) is 0 Å². The Bertz CT molecular complexity index is 1180. The number of hydrazone groups is 1. The standard InChI is InChI=1S/C21H11Cl2F3N2O2/c22-12-6-8-15(17(23)10-12)18-9-7-14(30-18)11-16-19(21(24,25)26)27-28(20(16)29)13-4-2-1-3-5-13/h1-11H. The lowest BCUT2D eigenvalue weighted by atomic mass is 10.1. The van der Waals surface area contributed by atoms with E-state index in [1.807, 2.05) is 0 Å². The van der Waals surface area contributed by atoms with E-state index in [-0.39, 0.29) is 11.4 Å². The Kier molecular flexibility index (Phi) is 5.17. The van der Waals surface area contributed by atoms with Gasteiger partial charge in [0.15, 0.2) is 5.71 Å². The highest BCUT2D eigenvalue weighted by Gasteiger charge is 2.47. The van der Waals surface area contributed by atoms with Crippen molar-refractivity contribution in [2.24, 2.45) is 5.10 Å². The highest BCUT2D eigenvalue weighted by molar-refractivity contribution is 6.36. The summed E-state index contributed by atoms with van der Waals surface area (Å²) in [6, 6.07) is 15.6. The predicted octanol–water partition coefficient (Wildman–Crippen LogP) is 6.60. The number of hydrogen-bond donors (Lipinski definition) is 0. The SMILES string of the molecule is O=C1C(=Cc2ccc(-c3ccc(Cl)cc3Cl)o2)C(C(F)(F)F)=NN1c1ccccc1.